The van der Waals surface area contributed by atoms with Crippen LogP contribution in [0.5, 0.6) is 0 Å². The van der Waals surface area contributed by atoms with E-state index in [2.05, 4.69) is 0 Å². The first-order valence-corrected chi connectivity index (χ1v) is 3.42. The molecule has 1 aliphatic rings. The smallest absolute Gasteiger partial charge is 0.288 e. The van der Waals surface area contributed by atoms with Crippen molar-refractivity contribution in [3.63, 3.8) is 0 Å². The Bertz CT molecular complexity index is 158. The summed E-state index contributed by atoms with van der Waals surface area (Å²) in [4.78, 5) is 0. The van der Waals surface area contributed by atoms with E-state index in [0.717, 1.165) is 0 Å². The Balaban J connectivity index is 0.00000121. The topological polar surface area (TPSA) is 66.5 Å². The van der Waals surface area contributed by atoms with E-state index in [0.29, 0.717) is 0 Å². The number of alkyl halides is 2. The number of halogens is 3. The summed E-state index contributed by atoms with van der Waals surface area (Å²) in [6.45, 7) is -0.440. The summed E-state index contributed by atoms with van der Waals surface area (Å²) in [5.41, 5.74) is 5.05. The lowest BCUT2D eigenvalue weighted by atomic mass is 10.1. The molecule has 0 spiro atoms. The minimum atomic E-state index is -3.24. The predicted octanol–water partition coefficient (Wildman–Crippen LogP) is -0.256. The van der Waals surface area contributed by atoms with Gasteiger partial charge in [0, 0.05) is 12.5 Å². The zero-order chi connectivity index (χ0) is 8.65. The highest BCUT2D eigenvalue weighted by molar-refractivity contribution is 5.85. The average Bonchev–Trinajstić information content (AvgIpc) is 2.14. The van der Waals surface area contributed by atoms with Crippen molar-refractivity contribution in [2.75, 3.05) is 6.61 Å². The van der Waals surface area contributed by atoms with Crippen LogP contribution in [0.15, 0.2) is 0 Å². The molecule has 0 saturated heterocycles. The Hall–Kier alpha value is 0.0300. The minimum absolute atomic E-state index is 0. The van der Waals surface area contributed by atoms with Crippen LogP contribution < -0.4 is 5.73 Å². The third-order valence-corrected chi connectivity index (χ3v) is 2.13. The second-order valence-corrected chi connectivity index (χ2v) is 2.90. The Morgan fingerprint density at radius 2 is 2.00 bits per heavy atom. The van der Waals surface area contributed by atoms with Crippen molar-refractivity contribution in [2.24, 2.45) is 11.7 Å². The zero-order valence-electron chi connectivity index (χ0n) is 6.28. The van der Waals surface area contributed by atoms with Crippen molar-refractivity contribution in [2.45, 2.75) is 24.5 Å². The molecule has 74 valence electrons. The van der Waals surface area contributed by atoms with Gasteiger partial charge in [-0.2, -0.15) is 0 Å². The molecule has 6 heteroatoms. The number of nitrogens with two attached hydrogens (primary N) is 1. The number of hydrogen-bond acceptors (Lipinski definition) is 3. The SMILES string of the molecule is Cl.N[C@@H]1C[C@H](CO)[C@@H](O)C1(F)F. The van der Waals surface area contributed by atoms with Gasteiger partial charge in [-0.15, -0.1) is 12.4 Å². The molecule has 0 aromatic rings. The number of hydrogen-bond donors (Lipinski definition) is 3. The number of rotatable bonds is 1. The largest absolute Gasteiger partial charge is 0.396 e. The fourth-order valence-corrected chi connectivity index (χ4v) is 1.32. The molecule has 3 nitrogen and oxygen atoms in total. The normalized spacial score (nSPS) is 39.2. The molecule has 1 aliphatic carbocycles. The maximum absolute atomic E-state index is 12.7. The molecule has 4 N–H and O–H groups in total. The Kier molecular flexibility index (Phi) is 3.84. The lowest BCUT2D eigenvalue weighted by Gasteiger charge is -2.18. The van der Waals surface area contributed by atoms with Crippen LogP contribution >= 0.6 is 12.4 Å². The summed E-state index contributed by atoms with van der Waals surface area (Å²) in [7, 11) is 0. The maximum Gasteiger partial charge on any atom is 0.288 e. The highest BCUT2D eigenvalue weighted by atomic mass is 35.5. The molecule has 1 fully saturated rings. The molecule has 0 radical (unpaired) electrons. The van der Waals surface area contributed by atoms with Crippen LogP contribution in [0, 0.1) is 5.92 Å². The molecule has 12 heavy (non-hydrogen) atoms. The minimum Gasteiger partial charge on any atom is -0.396 e. The van der Waals surface area contributed by atoms with Gasteiger partial charge >= 0.3 is 0 Å². The monoisotopic (exact) mass is 203 g/mol. The third kappa shape index (κ3) is 1.69. The molecule has 0 aromatic carbocycles. The molecule has 0 amide bonds. The van der Waals surface area contributed by atoms with Crippen molar-refractivity contribution >= 4 is 12.4 Å². The van der Waals surface area contributed by atoms with E-state index in [1.165, 1.54) is 0 Å². The van der Waals surface area contributed by atoms with Gasteiger partial charge in [0.1, 0.15) is 6.10 Å². The summed E-state index contributed by atoms with van der Waals surface area (Å²) in [5, 5.41) is 17.4. The Morgan fingerprint density at radius 3 is 2.17 bits per heavy atom. The summed E-state index contributed by atoms with van der Waals surface area (Å²) >= 11 is 0. The summed E-state index contributed by atoms with van der Waals surface area (Å²) < 4.78 is 25.4. The van der Waals surface area contributed by atoms with E-state index in [-0.39, 0.29) is 18.8 Å². The average molecular weight is 204 g/mol. The molecule has 3 atom stereocenters. The van der Waals surface area contributed by atoms with Gasteiger partial charge in [-0.3, -0.25) is 0 Å². The van der Waals surface area contributed by atoms with Gasteiger partial charge in [-0.05, 0) is 6.42 Å². The molecule has 0 heterocycles. The molecule has 0 aliphatic heterocycles. The highest BCUT2D eigenvalue weighted by Crippen LogP contribution is 2.37. The van der Waals surface area contributed by atoms with Crippen LogP contribution in [0.25, 0.3) is 0 Å². The van der Waals surface area contributed by atoms with Crippen LogP contribution in [0.1, 0.15) is 6.42 Å². The lowest BCUT2D eigenvalue weighted by Crippen LogP contribution is -2.43. The lowest BCUT2D eigenvalue weighted by molar-refractivity contribution is -0.110. The quantitative estimate of drug-likeness (QED) is 0.550. The highest BCUT2D eigenvalue weighted by Gasteiger charge is 2.54. The van der Waals surface area contributed by atoms with E-state index in [4.69, 9.17) is 15.9 Å². The van der Waals surface area contributed by atoms with Gasteiger partial charge in [-0.1, -0.05) is 0 Å². The Morgan fingerprint density at radius 1 is 1.50 bits per heavy atom. The first-order valence-electron chi connectivity index (χ1n) is 3.42. The maximum atomic E-state index is 12.7. The summed E-state index contributed by atoms with van der Waals surface area (Å²) in [6, 6.07) is -1.32. The molecular weight excluding hydrogens is 192 g/mol. The standard InChI is InChI=1S/C6H11F2NO2.ClH/c7-6(8)4(9)1-3(2-10)5(6)11;/h3-5,10-11H,1-2,9H2;1H/t3-,4-,5-;/m1./s1. The first kappa shape index (κ1) is 12.0. The summed E-state index contributed by atoms with van der Waals surface area (Å²) in [5.74, 6) is -4.02. The van der Waals surface area contributed by atoms with Gasteiger partial charge < -0.3 is 15.9 Å². The van der Waals surface area contributed by atoms with Crippen LogP contribution in [0.4, 0.5) is 8.78 Å². The van der Waals surface area contributed by atoms with Gasteiger partial charge in [0.25, 0.3) is 5.92 Å². The molecule has 1 saturated carbocycles. The van der Waals surface area contributed by atoms with Crippen LogP contribution in [-0.4, -0.2) is 34.9 Å². The van der Waals surface area contributed by atoms with Crippen molar-refractivity contribution in [1.29, 1.82) is 0 Å². The van der Waals surface area contributed by atoms with Crippen molar-refractivity contribution < 1.29 is 19.0 Å². The molecule has 0 unspecified atom stereocenters. The van der Waals surface area contributed by atoms with E-state index >= 15 is 0 Å². The number of aliphatic hydroxyl groups excluding tert-OH is 2. The van der Waals surface area contributed by atoms with Crippen molar-refractivity contribution in [3.8, 4) is 0 Å². The van der Waals surface area contributed by atoms with Gasteiger partial charge in [0.2, 0.25) is 0 Å². The van der Waals surface area contributed by atoms with Gasteiger partial charge in [-0.25, -0.2) is 8.78 Å². The first-order chi connectivity index (χ1) is 5.00. The molecule has 1 rings (SSSR count). The molecule has 0 bridgehead atoms. The van der Waals surface area contributed by atoms with E-state index in [1.807, 2.05) is 0 Å². The summed E-state index contributed by atoms with van der Waals surface area (Å²) in [6.07, 6.45) is -1.81. The fraction of sp³-hybridized carbons (Fsp3) is 1.00. The Labute approximate surface area is 75.0 Å². The van der Waals surface area contributed by atoms with Crippen LogP contribution in [0.3, 0.4) is 0 Å². The van der Waals surface area contributed by atoms with E-state index in [1.54, 1.807) is 0 Å². The van der Waals surface area contributed by atoms with Crippen molar-refractivity contribution in [1.82, 2.24) is 0 Å². The number of aliphatic hydroxyl groups is 2. The van der Waals surface area contributed by atoms with Gasteiger partial charge in [0.15, 0.2) is 0 Å². The second kappa shape index (κ2) is 3.83. The second-order valence-electron chi connectivity index (χ2n) is 2.90. The van der Waals surface area contributed by atoms with Crippen molar-refractivity contribution in [3.05, 3.63) is 0 Å². The van der Waals surface area contributed by atoms with E-state index < -0.39 is 30.6 Å². The van der Waals surface area contributed by atoms with E-state index in [9.17, 15) is 8.78 Å². The molecular formula is C6H12ClF2NO2. The fourth-order valence-electron chi connectivity index (χ4n) is 1.32. The van der Waals surface area contributed by atoms with Gasteiger partial charge in [0.05, 0.1) is 6.04 Å². The third-order valence-electron chi connectivity index (χ3n) is 2.13. The van der Waals surface area contributed by atoms with Crippen LogP contribution in [-0.2, 0) is 0 Å². The van der Waals surface area contributed by atoms with Crippen LogP contribution in [0.2, 0.25) is 0 Å². The predicted molar refractivity (Wildman–Crippen MR) is 41.4 cm³/mol. The molecule has 0 aromatic heterocycles. The zero-order valence-corrected chi connectivity index (χ0v) is 7.10.